The van der Waals surface area contributed by atoms with Crippen molar-refractivity contribution in [3.05, 3.63) is 0 Å². The van der Waals surface area contributed by atoms with Crippen molar-refractivity contribution < 1.29 is 17.8 Å². The van der Waals surface area contributed by atoms with Gasteiger partial charge in [-0.3, -0.25) is 16.9 Å². The SMILES string of the molecule is Cl.NC(N)=[NH2+].[Cl-].[Na]. The minimum atomic E-state index is -0.0833. The van der Waals surface area contributed by atoms with Crippen LogP contribution in [0.15, 0.2) is 0 Å². The van der Waals surface area contributed by atoms with Crippen LogP contribution in [0, 0.1) is 0 Å². The van der Waals surface area contributed by atoms with Gasteiger partial charge >= 0.3 is 5.96 Å². The Hall–Kier alpha value is 0.850. The van der Waals surface area contributed by atoms with Crippen molar-refractivity contribution in [3.8, 4) is 0 Å². The van der Waals surface area contributed by atoms with Gasteiger partial charge in [0.2, 0.25) is 0 Å². The molecule has 0 unspecified atom stereocenters. The summed E-state index contributed by atoms with van der Waals surface area (Å²) in [4.78, 5) is 0. The van der Waals surface area contributed by atoms with E-state index >= 15 is 0 Å². The van der Waals surface area contributed by atoms with Crippen LogP contribution in [-0.4, -0.2) is 35.5 Å². The molecule has 0 aromatic rings. The number of guanidine groups is 1. The molecule has 0 heterocycles. The maximum Gasteiger partial charge on any atom is 0.336 e. The summed E-state index contributed by atoms with van der Waals surface area (Å²) >= 11 is 0. The fourth-order valence-corrected chi connectivity index (χ4v) is 0. The van der Waals surface area contributed by atoms with Crippen LogP contribution >= 0.6 is 12.4 Å². The summed E-state index contributed by atoms with van der Waals surface area (Å²) in [5.74, 6) is -0.0833. The fourth-order valence-electron chi connectivity index (χ4n) is 0. The largest absolute Gasteiger partial charge is 1.00 e. The predicted molar refractivity (Wildman–Crippen MR) is 28.3 cm³/mol. The van der Waals surface area contributed by atoms with E-state index in [1.54, 1.807) is 0 Å². The van der Waals surface area contributed by atoms with E-state index in [0.717, 1.165) is 0 Å². The van der Waals surface area contributed by atoms with Crippen molar-refractivity contribution in [2.24, 2.45) is 11.5 Å². The van der Waals surface area contributed by atoms with E-state index in [4.69, 9.17) is 0 Å². The number of rotatable bonds is 0. The molecule has 0 atom stereocenters. The maximum atomic E-state index is 4.58. The number of halogens is 2. The minimum absolute atomic E-state index is 0. The molecule has 0 aromatic carbocycles. The van der Waals surface area contributed by atoms with E-state index < -0.39 is 0 Å². The Balaban J connectivity index is -0.0000000150. The van der Waals surface area contributed by atoms with Gasteiger partial charge in [0.1, 0.15) is 0 Å². The molecule has 0 saturated carbocycles. The molecule has 0 aliphatic carbocycles. The van der Waals surface area contributed by atoms with Crippen LogP contribution in [-0.2, 0) is 0 Å². The Morgan fingerprint density at radius 3 is 1.29 bits per heavy atom. The number of nitrogens with two attached hydrogens (primary N) is 3. The summed E-state index contributed by atoms with van der Waals surface area (Å²) in [7, 11) is 0. The van der Waals surface area contributed by atoms with Gasteiger partial charge in [0.25, 0.3) is 0 Å². The molecule has 3 nitrogen and oxygen atoms in total. The Kier molecular flexibility index (Phi) is 56.1. The average molecular weight is 155 g/mol. The summed E-state index contributed by atoms with van der Waals surface area (Å²) in [5, 5.41) is 4.58. The zero-order valence-electron chi connectivity index (χ0n) is 4.02. The van der Waals surface area contributed by atoms with Crippen LogP contribution in [0.1, 0.15) is 0 Å². The normalized spacial score (nSPS) is 3.43. The zero-order valence-corrected chi connectivity index (χ0v) is 7.59. The van der Waals surface area contributed by atoms with Gasteiger partial charge in [0.15, 0.2) is 0 Å². The first-order chi connectivity index (χ1) is 1.73. The van der Waals surface area contributed by atoms with Crippen LogP contribution in [0.3, 0.4) is 0 Å². The molecule has 6 N–H and O–H groups in total. The topological polar surface area (TPSA) is 77.6 Å². The summed E-state index contributed by atoms with van der Waals surface area (Å²) in [6.07, 6.45) is 0. The van der Waals surface area contributed by atoms with E-state index in [0.29, 0.717) is 0 Å². The fraction of sp³-hybridized carbons (Fsp3) is 0. The standard InChI is InChI=1S/CH5N3.2ClH.Na/c2-1(3)4;;;/h(H5,2,3,4);2*1H;. The second-order valence-corrected chi connectivity index (χ2v) is 0.500. The monoisotopic (exact) mass is 154 g/mol. The third-order valence-electron chi connectivity index (χ3n) is 0. The molecule has 6 heteroatoms. The minimum Gasteiger partial charge on any atom is -1.00 e. The Bertz CT molecular complexity index is 35.9. The smallest absolute Gasteiger partial charge is 0.336 e. The molecule has 0 saturated heterocycles. The van der Waals surface area contributed by atoms with E-state index in [9.17, 15) is 0 Å². The van der Waals surface area contributed by atoms with Gasteiger partial charge in [-0.2, -0.15) is 0 Å². The first-order valence-electron chi connectivity index (χ1n) is 0.866. The molecule has 7 heavy (non-hydrogen) atoms. The van der Waals surface area contributed by atoms with Gasteiger partial charge in [-0.15, -0.1) is 12.4 Å². The number of hydrogen-bond donors (Lipinski definition) is 3. The van der Waals surface area contributed by atoms with E-state index in [1.165, 1.54) is 0 Å². The second kappa shape index (κ2) is 15.8. The molecule has 1 radical (unpaired) electrons. The van der Waals surface area contributed by atoms with E-state index in [2.05, 4.69) is 16.9 Å². The van der Waals surface area contributed by atoms with E-state index in [-0.39, 0.29) is 60.3 Å². The van der Waals surface area contributed by atoms with Crippen LogP contribution in [0.5, 0.6) is 0 Å². The van der Waals surface area contributed by atoms with Crippen molar-refractivity contribution in [1.82, 2.24) is 0 Å². The van der Waals surface area contributed by atoms with Gasteiger partial charge in [0.05, 0.1) is 0 Å². The van der Waals surface area contributed by atoms with Crippen LogP contribution in [0.4, 0.5) is 0 Å². The molecule has 41 valence electrons. The molecular weight excluding hydrogens is 148 g/mol. The van der Waals surface area contributed by atoms with Crippen LogP contribution in [0.25, 0.3) is 0 Å². The molecule has 0 aliphatic rings. The molecule has 0 amide bonds. The van der Waals surface area contributed by atoms with Crippen LogP contribution < -0.4 is 29.3 Å². The second-order valence-electron chi connectivity index (χ2n) is 0.500. The molecule has 0 fully saturated rings. The predicted octanol–water partition coefficient (Wildman–Crippen LogP) is -5.94. The van der Waals surface area contributed by atoms with E-state index in [1.807, 2.05) is 0 Å². The Morgan fingerprint density at radius 2 is 1.29 bits per heavy atom. The van der Waals surface area contributed by atoms with Crippen LogP contribution in [0.2, 0.25) is 0 Å². The van der Waals surface area contributed by atoms with Crippen molar-refractivity contribution in [3.63, 3.8) is 0 Å². The van der Waals surface area contributed by atoms with Crippen molar-refractivity contribution in [1.29, 1.82) is 0 Å². The molecule has 0 bridgehead atoms. The molecular formula is CH7Cl2N3Na. The number of hydrogen-bond acceptors (Lipinski definition) is 0. The zero-order chi connectivity index (χ0) is 3.58. The molecule has 0 spiro atoms. The van der Waals surface area contributed by atoms with Crippen molar-refractivity contribution >= 4 is 47.9 Å². The Labute approximate surface area is 76.8 Å². The van der Waals surface area contributed by atoms with Gasteiger partial charge in [-0.05, 0) is 0 Å². The summed E-state index contributed by atoms with van der Waals surface area (Å²) in [6, 6.07) is 0. The summed E-state index contributed by atoms with van der Waals surface area (Å²) < 4.78 is 0. The molecule has 0 aromatic heterocycles. The van der Waals surface area contributed by atoms with Gasteiger partial charge in [-0.25, -0.2) is 0 Å². The first-order valence-corrected chi connectivity index (χ1v) is 0.866. The van der Waals surface area contributed by atoms with Gasteiger partial charge in [-0.1, -0.05) is 0 Å². The third-order valence-corrected chi connectivity index (χ3v) is 0. The Morgan fingerprint density at radius 1 is 1.29 bits per heavy atom. The van der Waals surface area contributed by atoms with Crippen molar-refractivity contribution in [2.75, 3.05) is 0 Å². The van der Waals surface area contributed by atoms with Gasteiger partial charge in [0, 0.05) is 29.6 Å². The van der Waals surface area contributed by atoms with Gasteiger partial charge < -0.3 is 12.4 Å². The summed E-state index contributed by atoms with van der Waals surface area (Å²) in [6.45, 7) is 0. The average Bonchev–Trinajstić information content (AvgIpc) is 0.811. The molecule has 0 rings (SSSR count). The van der Waals surface area contributed by atoms with Crippen molar-refractivity contribution in [2.45, 2.75) is 0 Å². The molecule has 0 aliphatic heterocycles. The third kappa shape index (κ3) is 223. The maximum absolute atomic E-state index is 4.58. The summed E-state index contributed by atoms with van der Waals surface area (Å²) in [5.41, 5.74) is 9.17. The quantitative estimate of drug-likeness (QED) is 0.185. The first kappa shape index (κ1) is 24.9.